The van der Waals surface area contributed by atoms with E-state index in [1.165, 1.54) is 12.7 Å². The van der Waals surface area contributed by atoms with Crippen molar-refractivity contribution in [2.75, 3.05) is 26.7 Å². The zero-order chi connectivity index (χ0) is 18.0. The number of rotatable bonds is 4. The summed E-state index contributed by atoms with van der Waals surface area (Å²) in [5.41, 5.74) is 1.27. The van der Waals surface area contributed by atoms with Gasteiger partial charge in [-0.2, -0.15) is 0 Å². The number of benzene rings is 1. The van der Waals surface area contributed by atoms with Gasteiger partial charge >= 0.3 is 5.97 Å². The molecule has 4 atom stereocenters. The van der Waals surface area contributed by atoms with Crippen molar-refractivity contribution in [2.45, 2.75) is 32.2 Å². The maximum Gasteiger partial charge on any atom is 0.310 e. The maximum atomic E-state index is 11.9. The summed E-state index contributed by atoms with van der Waals surface area (Å²) >= 11 is 6.10. The third-order valence-corrected chi connectivity index (χ3v) is 5.34. The summed E-state index contributed by atoms with van der Waals surface area (Å²) in [7, 11) is 1.46. The molecular formula is C19H26ClN3O2. The van der Waals surface area contributed by atoms with Crippen LogP contribution in [0, 0.1) is 11.8 Å². The summed E-state index contributed by atoms with van der Waals surface area (Å²) in [5.74, 6) is 1.41. The van der Waals surface area contributed by atoms with Crippen molar-refractivity contribution >= 4 is 23.5 Å². The van der Waals surface area contributed by atoms with Gasteiger partial charge in [0.2, 0.25) is 0 Å². The fraction of sp³-hybridized carbons (Fsp3) is 0.579. The number of esters is 1. The van der Waals surface area contributed by atoms with Gasteiger partial charge in [0.1, 0.15) is 0 Å². The van der Waals surface area contributed by atoms with Crippen LogP contribution in [-0.4, -0.2) is 49.6 Å². The molecule has 3 rings (SSSR count). The van der Waals surface area contributed by atoms with Crippen molar-refractivity contribution < 1.29 is 9.53 Å². The highest BCUT2D eigenvalue weighted by Gasteiger charge is 2.42. The lowest BCUT2D eigenvalue weighted by atomic mass is 9.99. The largest absolute Gasteiger partial charge is 0.469 e. The first-order valence-corrected chi connectivity index (χ1v) is 9.30. The van der Waals surface area contributed by atoms with Crippen LogP contribution in [0.15, 0.2) is 29.3 Å². The van der Waals surface area contributed by atoms with Crippen LogP contribution in [0.25, 0.3) is 0 Å². The third-order valence-electron chi connectivity index (χ3n) is 5.11. The van der Waals surface area contributed by atoms with Gasteiger partial charge in [0.15, 0.2) is 5.96 Å². The van der Waals surface area contributed by atoms with Crippen LogP contribution in [0.5, 0.6) is 0 Å². The first-order valence-electron chi connectivity index (χ1n) is 8.92. The lowest BCUT2D eigenvalue weighted by molar-refractivity contribution is -0.145. The summed E-state index contributed by atoms with van der Waals surface area (Å²) in [6.45, 7) is 6.32. The second-order valence-corrected chi connectivity index (χ2v) is 7.39. The minimum Gasteiger partial charge on any atom is -0.469 e. The van der Waals surface area contributed by atoms with Gasteiger partial charge in [0.25, 0.3) is 0 Å². The number of hydrogen-bond acceptors (Lipinski definition) is 3. The van der Waals surface area contributed by atoms with E-state index in [1.807, 2.05) is 25.1 Å². The molecule has 1 heterocycles. The number of hydrogen-bond donors (Lipinski definition) is 1. The molecule has 1 N–H and O–H groups in total. The summed E-state index contributed by atoms with van der Waals surface area (Å²) in [6, 6.07) is 8.43. The number of likely N-dealkylation sites (tertiary alicyclic amines) is 1. The molecule has 4 unspecified atom stereocenters. The molecule has 136 valence electrons. The number of nitrogens with one attached hydrogen (secondary N) is 1. The van der Waals surface area contributed by atoms with Crippen LogP contribution in [-0.2, 0) is 9.53 Å². The fourth-order valence-corrected chi connectivity index (χ4v) is 3.81. The predicted octanol–water partition coefficient (Wildman–Crippen LogP) is 2.90. The third kappa shape index (κ3) is 4.09. The van der Waals surface area contributed by atoms with Gasteiger partial charge in [0, 0.05) is 36.6 Å². The van der Waals surface area contributed by atoms with Gasteiger partial charge in [-0.3, -0.25) is 9.79 Å². The molecule has 0 bridgehead atoms. The first kappa shape index (κ1) is 18.1. The highest BCUT2D eigenvalue weighted by Crippen LogP contribution is 2.41. The van der Waals surface area contributed by atoms with E-state index in [-0.39, 0.29) is 17.8 Å². The summed E-state index contributed by atoms with van der Waals surface area (Å²) in [5, 5.41) is 4.36. The van der Waals surface area contributed by atoms with Crippen molar-refractivity contribution in [1.29, 1.82) is 0 Å². The summed E-state index contributed by atoms with van der Waals surface area (Å²) in [6.07, 6.45) is 1.08. The van der Waals surface area contributed by atoms with Crippen molar-refractivity contribution in [3.8, 4) is 0 Å². The van der Waals surface area contributed by atoms with Crippen molar-refractivity contribution in [1.82, 2.24) is 10.2 Å². The standard InChI is InChI=1S/C19H26ClN3O2/c1-4-21-19(23-10-12(2)16(11-23)18(24)25-3)22-17-9-15(17)13-6-5-7-14(20)8-13/h5-8,12,15-17H,4,9-11H2,1-3H3,(H,21,22). The second-order valence-electron chi connectivity index (χ2n) is 6.96. The first-order chi connectivity index (χ1) is 12.0. The Balaban J connectivity index is 1.64. The van der Waals surface area contributed by atoms with Crippen LogP contribution in [0.1, 0.15) is 31.7 Å². The Kier molecular flexibility index (Phi) is 5.52. The topological polar surface area (TPSA) is 53.9 Å². The molecule has 1 aromatic carbocycles. The van der Waals surface area contributed by atoms with Crippen LogP contribution in [0.2, 0.25) is 5.02 Å². The number of nitrogens with zero attached hydrogens (tertiary/aromatic N) is 2. The van der Waals surface area contributed by atoms with Crippen LogP contribution in [0.4, 0.5) is 0 Å². The molecule has 1 saturated carbocycles. The van der Waals surface area contributed by atoms with E-state index >= 15 is 0 Å². The van der Waals surface area contributed by atoms with E-state index in [2.05, 4.69) is 28.2 Å². The van der Waals surface area contributed by atoms with E-state index in [4.69, 9.17) is 16.3 Å². The second kappa shape index (κ2) is 7.65. The van der Waals surface area contributed by atoms with E-state index in [0.29, 0.717) is 25.0 Å². The number of methoxy groups -OCH3 is 1. The SMILES string of the molecule is CCN=C(NC1CC1c1cccc(Cl)c1)N1CC(C)C(C(=O)OC)C1. The van der Waals surface area contributed by atoms with E-state index < -0.39 is 0 Å². The fourth-order valence-electron chi connectivity index (χ4n) is 3.61. The molecule has 0 spiro atoms. The molecule has 2 fully saturated rings. The number of aliphatic imine (C=N–C) groups is 1. The molecule has 6 heteroatoms. The lowest BCUT2D eigenvalue weighted by Crippen LogP contribution is -2.42. The quantitative estimate of drug-likeness (QED) is 0.507. The molecule has 1 aliphatic heterocycles. The van der Waals surface area contributed by atoms with E-state index in [1.54, 1.807) is 0 Å². The molecule has 25 heavy (non-hydrogen) atoms. The zero-order valence-electron chi connectivity index (χ0n) is 15.0. The zero-order valence-corrected chi connectivity index (χ0v) is 15.8. The Morgan fingerprint density at radius 1 is 1.44 bits per heavy atom. The van der Waals surface area contributed by atoms with E-state index in [0.717, 1.165) is 23.9 Å². The smallest absolute Gasteiger partial charge is 0.310 e. The molecule has 5 nitrogen and oxygen atoms in total. The van der Waals surface area contributed by atoms with Gasteiger partial charge in [-0.1, -0.05) is 30.7 Å². The lowest BCUT2D eigenvalue weighted by Gasteiger charge is -2.22. The Hall–Kier alpha value is -1.75. The Bertz CT molecular complexity index is 664. The average Bonchev–Trinajstić information content (AvgIpc) is 3.26. The molecule has 0 amide bonds. The Morgan fingerprint density at radius 3 is 2.92 bits per heavy atom. The molecule has 1 saturated heterocycles. The number of ether oxygens (including phenoxy) is 1. The van der Waals surface area contributed by atoms with Gasteiger partial charge in [-0.25, -0.2) is 0 Å². The molecule has 2 aliphatic rings. The number of halogens is 1. The Morgan fingerprint density at radius 2 is 2.24 bits per heavy atom. The molecule has 1 aliphatic carbocycles. The molecule has 0 aromatic heterocycles. The number of carbonyl (C=O) groups is 1. The van der Waals surface area contributed by atoms with Gasteiger partial charge < -0.3 is 15.0 Å². The monoisotopic (exact) mass is 363 g/mol. The van der Waals surface area contributed by atoms with Gasteiger partial charge in [0.05, 0.1) is 13.0 Å². The highest BCUT2D eigenvalue weighted by molar-refractivity contribution is 6.30. The van der Waals surface area contributed by atoms with Gasteiger partial charge in [-0.05, 0) is 37.0 Å². The molecule has 1 aromatic rings. The average molecular weight is 364 g/mol. The normalized spacial score (nSPS) is 28.8. The van der Waals surface area contributed by atoms with Crippen LogP contribution in [0.3, 0.4) is 0 Å². The van der Waals surface area contributed by atoms with Crippen molar-refractivity contribution in [3.63, 3.8) is 0 Å². The maximum absolute atomic E-state index is 11.9. The molecular weight excluding hydrogens is 338 g/mol. The minimum absolute atomic E-state index is 0.0863. The summed E-state index contributed by atoms with van der Waals surface area (Å²) in [4.78, 5) is 18.8. The highest BCUT2D eigenvalue weighted by atomic mass is 35.5. The van der Waals surface area contributed by atoms with Gasteiger partial charge in [-0.15, -0.1) is 0 Å². The van der Waals surface area contributed by atoms with Crippen LogP contribution >= 0.6 is 11.6 Å². The van der Waals surface area contributed by atoms with Crippen molar-refractivity contribution in [3.05, 3.63) is 34.9 Å². The Labute approximate surface area is 154 Å². The summed E-state index contributed by atoms with van der Waals surface area (Å²) < 4.78 is 4.93. The van der Waals surface area contributed by atoms with Crippen LogP contribution < -0.4 is 5.32 Å². The number of carbonyl (C=O) groups excluding carboxylic acids is 1. The molecule has 0 radical (unpaired) electrons. The van der Waals surface area contributed by atoms with Crippen molar-refractivity contribution in [2.24, 2.45) is 16.8 Å². The van der Waals surface area contributed by atoms with E-state index in [9.17, 15) is 4.79 Å². The number of guanidine groups is 1. The predicted molar refractivity (Wildman–Crippen MR) is 100.0 cm³/mol. The minimum atomic E-state index is -0.130.